The summed E-state index contributed by atoms with van der Waals surface area (Å²) in [5, 5.41) is 3.27. The van der Waals surface area contributed by atoms with Gasteiger partial charge in [0.05, 0.1) is 6.61 Å². The lowest BCUT2D eigenvalue weighted by Crippen LogP contribution is -1.96. The lowest BCUT2D eigenvalue weighted by atomic mass is 10.2. The molecule has 0 saturated heterocycles. The highest BCUT2D eigenvalue weighted by molar-refractivity contribution is 5.59. The number of aromatic nitrogens is 1. The fourth-order valence-electron chi connectivity index (χ4n) is 1.55. The molecule has 0 aliphatic heterocycles. The molecular weight excluding hydrogens is 212 g/mol. The standard InChI is InChI=1S/C14H16N2O/c1-3-17-13-8-6-12(7-9-13)16-14-11(2)5-4-10-15-14/h4-10H,3H2,1-2H3,(H,15,16). The van der Waals surface area contributed by atoms with Crippen LogP contribution in [0.5, 0.6) is 5.75 Å². The molecule has 0 amide bonds. The van der Waals surface area contributed by atoms with Crippen LogP contribution in [0.2, 0.25) is 0 Å². The van der Waals surface area contributed by atoms with E-state index in [1.165, 1.54) is 0 Å². The molecule has 0 atom stereocenters. The van der Waals surface area contributed by atoms with E-state index in [0.717, 1.165) is 22.8 Å². The molecule has 0 unspecified atom stereocenters. The Morgan fingerprint density at radius 1 is 1.18 bits per heavy atom. The summed E-state index contributed by atoms with van der Waals surface area (Å²) in [6.07, 6.45) is 1.78. The van der Waals surface area contributed by atoms with Crippen LogP contribution < -0.4 is 10.1 Å². The lowest BCUT2D eigenvalue weighted by molar-refractivity contribution is 0.340. The molecule has 3 nitrogen and oxygen atoms in total. The molecule has 0 aliphatic carbocycles. The molecule has 3 heteroatoms. The van der Waals surface area contributed by atoms with Crippen molar-refractivity contribution in [3.05, 3.63) is 48.2 Å². The lowest BCUT2D eigenvalue weighted by Gasteiger charge is -2.09. The second-order valence-electron chi connectivity index (χ2n) is 3.75. The predicted octanol–water partition coefficient (Wildman–Crippen LogP) is 3.53. The van der Waals surface area contributed by atoms with Gasteiger partial charge in [-0.05, 0) is 49.7 Å². The first-order valence-corrected chi connectivity index (χ1v) is 5.71. The molecule has 0 bridgehead atoms. The summed E-state index contributed by atoms with van der Waals surface area (Å²) in [7, 11) is 0. The van der Waals surface area contributed by atoms with Gasteiger partial charge in [0, 0.05) is 11.9 Å². The van der Waals surface area contributed by atoms with E-state index in [1.54, 1.807) is 6.20 Å². The molecule has 17 heavy (non-hydrogen) atoms. The monoisotopic (exact) mass is 228 g/mol. The number of anilines is 2. The van der Waals surface area contributed by atoms with Crippen molar-refractivity contribution in [1.29, 1.82) is 0 Å². The van der Waals surface area contributed by atoms with Gasteiger partial charge in [0.25, 0.3) is 0 Å². The average molecular weight is 228 g/mol. The van der Waals surface area contributed by atoms with E-state index in [2.05, 4.69) is 10.3 Å². The normalized spacial score (nSPS) is 10.0. The number of aryl methyl sites for hydroxylation is 1. The van der Waals surface area contributed by atoms with Crippen molar-refractivity contribution >= 4 is 11.5 Å². The fourth-order valence-corrected chi connectivity index (χ4v) is 1.55. The van der Waals surface area contributed by atoms with Gasteiger partial charge in [-0.3, -0.25) is 0 Å². The van der Waals surface area contributed by atoms with Gasteiger partial charge in [0.15, 0.2) is 0 Å². The van der Waals surface area contributed by atoms with E-state index in [9.17, 15) is 0 Å². The third kappa shape index (κ3) is 2.97. The number of nitrogens with zero attached hydrogens (tertiary/aromatic N) is 1. The molecule has 1 aromatic heterocycles. The highest BCUT2D eigenvalue weighted by atomic mass is 16.5. The molecule has 88 valence electrons. The highest BCUT2D eigenvalue weighted by Crippen LogP contribution is 2.20. The van der Waals surface area contributed by atoms with Crippen molar-refractivity contribution in [2.45, 2.75) is 13.8 Å². The zero-order valence-corrected chi connectivity index (χ0v) is 10.1. The maximum absolute atomic E-state index is 5.39. The maximum Gasteiger partial charge on any atom is 0.133 e. The van der Waals surface area contributed by atoms with Crippen molar-refractivity contribution in [3.63, 3.8) is 0 Å². The van der Waals surface area contributed by atoms with Crippen molar-refractivity contribution in [1.82, 2.24) is 4.98 Å². The minimum atomic E-state index is 0.687. The molecule has 1 heterocycles. The molecule has 0 fully saturated rings. The van der Waals surface area contributed by atoms with Crippen molar-refractivity contribution in [2.24, 2.45) is 0 Å². The Labute approximate surface area is 101 Å². The Morgan fingerprint density at radius 2 is 1.94 bits per heavy atom. The first-order valence-electron chi connectivity index (χ1n) is 5.71. The Kier molecular flexibility index (Phi) is 3.60. The summed E-state index contributed by atoms with van der Waals surface area (Å²) < 4.78 is 5.39. The molecule has 1 aromatic carbocycles. The number of nitrogens with one attached hydrogen (secondary N) is 1. The Hall–Kier alpha value is -2.03. The molecule has 2 rings (SSSR count). The van der Waals surface area contributed by atoms with Gasteiger partial charge in [-0.25, -0.2) is 4.98 Å². The van der Waals surface area contributed by atoms with E-state index < -0.39 is 0 Å². The topological polar surface area (TPSA) is 34.1 Å². The molecular formula is C14H16N2O. The number of hydrogen-bond acceptors (Lipinski definition) is 3. The maximum atomic E-state index is 5.39. The smallest absolute Gasteiger partial charge is 0.133 e. The second kappa shape index (κ2) is 5.34. The molecule has 1 N–H and O–H groups in total. The van der Waals surface area contributed by atoms with Crippen LogP contribution in [-0.2, 0) is 0 Å². The molecule has 0 radical (unpaired) electrons. The average Bonchev–Trinajstić information content (AvgIpc) is 2.35. The molecule has 0 saturated carbocycles. The molecule has 0 aliphatic rings. The number of ether oxygens (including phenoxy) is 1. The number of hydrogen-bond donors (Lipinski definition) is 1. The van der Waals surface area contributed by atoms with Crippen molar-refractivity contribution < 1.29 is 4.74 Å². The van der Waals surface area contributed by atoms with Gasteiger partial charge in [-0.1, -0.05) is 6.07 Å². The molecule has 2 aromatic rings. The van der Waals surface area contributed by atoms with Gasteiger partial charge < -0.3 is 10.1 Å². The van der Waals surface area contributed by atoms with Crippen LogP contribution in [0.25, 0.3) is 0 Å². The first-order chi connectivity index (χ1) is 8.29. The van der Waals surface area contributed by atoms with Gasteiger partial charge in [-0.2, -0.15) is 0 Å². The predicted molar refractivity (Wildman–Crippen MR) is 69.9 cm³/mol. The largest absolute Gasteiger partial charge is 0.494 e. The minimum absolute atomic E-state index is 0.687. The zero-order valence-electron chi connectivity index (χ0n) is 10.1. The number of benzene rings is 1. The van der Waals surface area contributed by atoms with Gasteiger partial charge in [-0.15, -0.1) is 0 Å². The van der Waals surface area contributed by atoms with E-state index >= 15 is 0 Å². The van der Waals surface area contributed by atoms with Crippen LogP contribution in [0.3, 0.4) is 0 Å². The molecule has 0 spiro atoms. The second-order valence-corrected chi connectivity index (χ2v) is 3.75. The van der Waals surface area contributed by atoms with Gasteiger partial charge in [0.1, 0.15) is 11.6 Å². The quantitative estimate of drug-likeness (QED) is 0.869. The van der Waals surface area contributed by atoms with Crippen LogP contribution in [0, 0.1) is 6.92 Å². The summed E-state index contributed by atoms with van der Waals surface area (Å²) >= 11 is 0. The highest BCUT2D eigenvalue weighted by Gasteiger charge is 1.99. The van der Waals surface area contributed by atoms with Crippen LogP contribution >= 0.6 is 0 Å². The first kappa shape index (κ1) is 11.5. The summed E-state index contributed by atoms with van der Waals surface area (Å²) in [6, 6.07) is 11.8. The van der Waals surface area contributed by atoms with E-state index in [1.807, 2.05) is 50.2 Å². The van der Waals surface area contributed by atoms with E-state index in [0.29, 0.717) is 6.61 Å². The zero-order chi connectivity index (χ0) is 12.1. The Balaban J connectivity index is 2.11. The van der Waals surface area contributed by atoms with Crippen LogP contribution in [0.15, 0.2) is 42.6 Å². The Bertz CT molecular complexity index is 480. The Morgan fingerprint density at radius 3 is 2.59 bits per heavy atom. The van der Waals surface area contributed by atoms with E-state index in [4.69, 9.17) is 4.74 Å². The van der Waals surface area contributed by atoms with Crippen molar-refractivity contribution in [3.8, 4) is 5.75 Å². The summed E-state index contributed by atoms with van der Waals surface area (Å²) in [5.74, 6) is 1.77. The van der Waals surface area contributed by atoms with E-state index in [-0.39, 0.29) is 0 Å². The van der Waals surface area contributed by atoms with Gasteiger partial charge >= 0.3 is 0 Å². The summed E-state index contributed by atoms with van der Waals surface area (Å²) in [5.41, 5.74) is 2.14. The third-order valence-electron chi connectivity index (χ3n) is 2.44. The fraction of sp³-hybridized carbons (Fsp3) is 0.214. The minimum Gasteiger partial charge on any atom is -0.494 e. The van der Waals surface area contributed by atoms with Crippen LogP contribution in [0.1, 0.15) is 12.5 Å². The van der Waals surface area contributed by atoms with Crippen LogP contribution in [0.4, 0.5) is 11.5 Å². The summed E-state index contributed by atoms with van der Waals surface area (Å²) in [6.45, 7) is 4.69. The SMILES string of the molecule is CCOc1ccc(Nc2ncccc2C)cc1. The van der Waals surface area contributed by atoms with Gasteiger partial charge in [0.2, 0.25) is 0 Å². The third-order valence-corrected chi connectivity index (χ3v) is 2.44. The van der Waals surface area contributed by atoms with Crippen LogP contribution in [-0.4, -0.2) is 11.6 Å². The van der Waals surface area contributed by atoms with Crippen molar-refractivity contribution in [2.75, 3.05) is 11.9 Å². The number of rotatable bonds is 4. The number of pyridine rings is 1. The summed E-state index contributed by atoms with van der Waals surface area (Å²) in [4.78, 5) is 4.29.